The highest BCUT2D eigenvalue weighted by molar-refractivity contribution is 5.88. The summed E-state index contributed by atoms with van der Waals surface area (Å²) in [7, 11) is 0. The smallest absolute Gasteiger partial charge is 0.321 e. The minimum absolute atomic E-state index is 0.459. The second kappa shape index (κ2) is 4.40. The molecule has 1 atom stereocenters. The van der Waals surface area contributed by atoms with Gasteiger partial charge in [-0.25, -0.2) is 0 Å². The Balaban J connectivity index is 2.60. The van der Waals surface area contributed by atoms with Crippen molar-refractivity contribution in [3.05, 3.63) is 30.3 Å². The van der Waals surface area contributed by atoms with Crippen LogP contribution in [-0.4, -0.2) is 12.3 Å². The van der Waals surface area contributed by atoms with Crippen molar-refractivity contribution in [1.29, 1.82) is 0 Å². The molecule has 0 aliphatic rings. The summed E-state index contributed by atoms with van der Waals surface area (Å²) in [5, 5.41) is 0. The molecule has 0 aliphatic heterocycles. The Kier molecular flexibility index (Phi) is 3.20. The maximum atomic E-state index is 11.1. The fourth-order valence-electron chi connectivity index (χ4n) is 0.753. The number of carbonyl (C=O) groups is 2. The van der Waals surface area contributed by atoms with Crippen molar-refractivity contribution in [2.45, 2.75) is 6.92 Å². The van der Waals surface area contributed by atoms with Crippen LogP contribution in [-0.2, 0) is 9.59 Å². The van der Waals surface area contributed by atoms with Gasteiger partial charge < -0.3 is 9.53 Å². The number of benzene rings is 1. The monoisotopic (exact) mass is 178 g/mol. The first-order chi connectivity index (χ1) is 6.24. The zero-order valence-electron chi connectivity index (χ0n) is 7.27. The summed E-state index contributed by atoms with van der Waals surface area (Å²) in [5.41, 5.74) is 0. The number of esters is 1. The lowest BCUT2D eigenvalue weighted by Crippen LogP contribution is -2.18. The Morgan fingerprint density at radius 3 is 2.54 bits per heavy atom. The molecule has 68 valence electrons. The van der Waals surface area contributed by atoms with Gasteiger partial charge >= 0.3 is 5.97 Å². The van der Waals surface area contributed by atoms with E-state index in [2.05, 4.69) is 0 Å². The molecule has 1 rings (SSSR count). The summed E-state index contributed by atoms with van der Waals surface area (Å²) >= 11 is 0. The third kappa shape index (κ3) is 2.71. The van der Waals surface area contributed by atoms with Crippen LogP contribution in [0.5, 0.6) is 5.75 Å². The van der Waals surface area contributed by atoms with Crippen LogP contribution in [0.25, 0.3) is 0 Å². The van der Waals surface area contributed by atoms with E-state index in [1.165, 1.54) is 6.92 Å². The summed E-state index contributed by atoms with van der Waals surface area (Å²) in [6.07, 6.45) is 0.561. The number of rotatable bonds is 3. The maximum absolute atomic E-state index is 11.1. The van der Waals surface area contributed by atoms with E-state index >= 15 is 0 Å². The maximum Gasteiger partial charge on any atom is 0.321 e. The Bertz CT molecular complexity index is 292. The normalized spacial score (nSPS) is 11.8. The van der Waals surface area contributed by atoms with Crippen LogP contribution in [0.1, 0.15) is 6.92 Å². The third-order valence-electron chi connectivity index (χ3n) is 1.54. The summed E-state index contributed by atoms with van der Waals surface area (Å²) in [4.78, 5) is 21.3. The van der Waals surface area contributed by atoms with Gasteiger partial charge in [0.1, 0.15) is 18.0 Å². The van der Waals surface area contributed by atoms with E-state index in [1.54, 1.807) is 24.3 Å². The third-order valence-corrected chi connectivity index (χ3v) is 1.54. The van der Waals surface area contributed by atoms with Crippen molar-refractivity contribution < 1.29 is 14.3 Å². The molecule has 0 spiro atoms. The van der Waals surface area contributed by atoms with Crippen molar-refractivity contribution in [2.75, 3.05) is 0 Å². The Hall–Kier alpha value is -1.64. The standard InChI is InChI=1S/C10H10O3/c1-8(7-11)10(12)13-9-5-3-2-4-6-9/h2-8H,1H3. The number of hydrogen-bond acceptors (Lipinski definition) is 3. The fraction of sp³-hybridized carbons (Fsp3) is 0.200. The van der Waals surface area contributed by atoms with E-state index in [4.69, 9.17) is 4.74 Å². The molecular weight excluding hydrogens is 168 g/mol. The first-order valence-electron chi connectivity index (χ1n) is 3.96. The molecule has 0 N–H and O–H groups in total. The van der Waals surface area contributed by atoms with Crippen LogP contribution in [0.2, 0.25) is 0 Å². The molecule has 0 saturated heterocycles. The Labute approximate surface area is 76.3 Å². The van der Waals surface area contributed by atoms with E-state index < -0.39 is 11.9 Å². The van der Waals surface area contributed by atoms with Crippen LogP contribution in [0, 0.1) is 5.92 Å². The highest BCUT2D eigenvalue weighted by Crippen LogP contribution is 2.10. The van der Waals surface area contributed by atoms with Gasteiger partial charge in [-0.15, -0.1) is 0 Å². The van der Waals surface area contributed by atoms with Crippen molar-refractivity contribution in [2.24, 2.45) is 5.92 Å². The van der Waals surface area contributed by atoms with Gasteiger partial charge in [0.2, 0.25) is 0 Å². The molecule has 0 heterocycles. The lowest BCUT2D eigenvalue weighted by atomic mass is 10.2. The van der Waals surface area contributed by atoms with Crippen molar-refractivity contribution in [1.82, 2.24) is 0 Å². The van der Waals surface area contributed by atoms with Gasteiger partial charge in [-0.05, 0) is 19.1 Å². The van der Waals surface area contributed by atoms with Crippen LogP contribution < -0.4 is 4.74 Å². The first kappa shape index (κ1) is 9.45. The second-order valence-electron chi connectivity index (χ2n) is 2.66. The molecule has 3 nitrogen and oxygen atoms in total. The van der Waals surface area contributed by atoms with E-state index in [0.29, 0.717) is 12.0 Å². The second-order valence-corrected chi connectivity index (χ2v) is 2.66. The predicted octanol–water partition coefficient (Wildman–Crippen LogP) is 1.43. The molecule has 1 unspecified atom stereocenters. The van der Waals surface area contributed by atoms with E-state index in [0.717, 1.165) is 0 Å². The van der Waals surface area contributed by atoms with Crippen LogP contribution in [0.15, 0.2) is 30.3 Å². The summed E-state index contributed by atoms with van der Waals surface area (Å²) in [5.74, 6) is -0.775. The zero-order valence-corrected chi connectivity index (χ0v) is 7.27. The van der Waals surface area contributed by atoms with Crippen LogP contribution in [0.3, 0.4) is 0 Å². The van der Waals surface area contributed by atoms with Crippen molar-refractivity contribution >= 4 is 12.3 Å². The molecule has 0 aliphatic carbocycles. The first-order valence-corrected chi connectivity index (χ1v) is 3.96. The van der Waals surface area contributed by atoms with Gasteiger partial charge in [0.15, 0.2) is 0 Å². The average molecular weight is 178 g/mol. The minimum atomic E-state index is -0.708. The molecule has 0 bridgehead atoms. The van der Waals surface area contributed by atoms with E-state index in [9.17, 15) is 9.59 Å². The van der Waals surface area contributed by atoms with Gasteiger partial charge in [-0.2, -0.15) is 0 Å². The number of aldehydes is 1. The summed E-state index contributed by atoms with van der Waals surface area (Å²) < 4.78 is 4.90. The van der Waals surface area contributed by atoms with Gasteiger partial charge in [0, 0.05) is 0 Å². The minimum Gasteiger partial charge on any atom is -0.426 e. The summed E-state index contributed by atoms with van der Waals surface area (Å²) in [6, 6.07) is 8.66. The van der Waals surface area contributed by atoms with Gasteiger partial charge in [0.05, 0.1) is 0 Å². The SMILES string of the molecule is CC(C=O)C(=O)Oc1ccccc1. The quantitative estimate of drug-likeness (QED) is 0.304. The number of para-hydroxylation sites is 1. The zero-order chi connectivity index (χ0) is 9.68. The molecule has 0 amide bonds. The lowest BCUT2D eigenvalue weighted by Gasteiger charge is -2.04. The number of ether oxygens (including phenoxy) is 1. The largest absolute Gasteiger partial charge is 0.426 e. The number of carbonyl (C=O) groups excluding carboxylic acids is 2. The Morgan fingerprint density at radius 1 is 1.38 bits per heavy atom. The van der Waals surface area contributed by atoms with E-state index in [1.807, 2.05) is 6.07 Å². The highest BCUT2D eigenvalue weighted by atomic mass is 16.5. The molecule has 0 saturated carbocycles. The molecule has 0 radical (unpaired) electrons. The van der Waals surface area contributed by atoms with Gasteiger partial charge in [-0.1, -0.05) is 18.2 Å². The summed E-state index contributed by atoms with van der Waals surface area (Å²) in [6.45, 7) is 1.50. The molecular formula is C10H10O3. The van der Waals surface area contributed by atoms with E-state index in [-0.39, 0.29) is 0 Å². The fourth-order valence-corrected chi connectivity index (χ4v) is 0.753. The molecule has 0 aromatic heterocycles. The Morgan fingerprint density at radius 2 is 2.00 bits per heavy atom. The predicted molar refractivity (Wildman–Crippen MR) is 47.3 cm³/mol. The molecule has 13 heavy (non-hydrogen) atoms. The lowest BCUT2D eigenvalue weighted by molar-refractivity contribution is -0.140. The molecule has 0 fully saturated rings. The van der Waals surface area contributed by atoms with Crippen molar-refractivity contribution in [3.8, 4) is 5.75 Å². The molecule has 1 aromatic carbocycles. The van der Waals surface area contributed by atoms with Gasteiger partial charge in [0.25, 0.3) is 0 Å². The van der Waals surface area contributed by atoms with Gasteiger partial charge in [-0.3, -0.25) is 4.79 Å². The number of hydrogen-bond donors (Lipinski definition) is 0. The molecule has 1 aromatic rings. The van der Waals surface area contributed by atoms with Crippen LogP contribution in [0.4, 0.5) is 0 Å². The highest BCUT2D eigenvalue weighted by Gasteiger charge is 2.13. The van der Waals surface area contributed by atoms with Crippen molar-refractivity contribution in [3.63, 3.8) is 0 Å². The molecule has 3 heteroatoms. The topological polar surface area (TPSA) is 43.4 Å². The average Bonchev–Trinajstić information content (AvgIpc) is 2.18. The van der Waals surface area contributed by atoms with Crippen LogP contribution >= 0.6 is 0 Å².